The predicted octanol–water partition coefficient (Wildman–Crippen LogP) is 5.35. The molecule has 4 atom stereocenters. The molecule has 0 saturated carbocycles. The summed E-state index contributed by atoms with van der Waals surface area (Å²) in [5.74, 6) is 0.408. The van der Waals surface area contributed by atoms with Crippen molar-refractivity contribution < 1.29 is 4.43 Å². The second kappa shape index (κ2) is 9.81. The van der Waals surface area contributed by atoms with Crippen LogP contribution in [0.2, 0.25) is 0 Å². The van der Waals surface area contributed by atoms with Gasteiger partial charge in [-0.25, -0.2) is 0 Å². The Bertz CT molecular complexity index is 960. The molecule has 3 heteroatoms. The summed E-state index contributed by atoms with van der Waals surface area (Å²) in [5.41, 5.74) is 0.185. The minimum absolute atomic E-state index is 0.0812. The molecule has 1 heterocycles. The van der Waals surface area contributed by atoms with Gasteiger partial charge in [-0.1, -0.05) is 112 Å². The van der Waals surface area contributed by atoms with Crippen LogP contribution in [-0.4, -0.2) is 37.4 Å². The smallest absolute Gasteiger partial charge is 0.288 e. The highest BCUT2D eigenvalue weighted by molar-refractivity contribution is 7.07. The maximum atomic E-state index is 7.70. The molecule has 0 bridgehead atoms. The number of benzene rings is 3. The lowest BCUT2D eigenvalue weighted by molar-refractivity contribution is -0.116. The molecule has 2 nitrogen and oxygen atoms in total. The van der Waals surface area contributed by atoms with Crippen LogP contribution in [0.5, 0.6) is 0 Å². The van der Waals surface area contributed by atoms with E-state index in [4.69, 9.17) is 4.43 Å². The van der Waals surface area contributed by atoms with E-state index in [-0.39, 0.29) is 17.2 Å². The summed E-state index contributed by atoms with van der Waals surface area (Å²) in [6.07, 6.45) is 3.43. The van der Waals surface area contributed by atoms with Crippen LogP contribution in [0.25, 0.3) is 0 Å². The number of hydrogen-bond donors (Lipinski definition) is 0. The highest BCUT2D eigenvalue weighted by Crippen LogP contribution is 2.46. The van der Waals surface area contributed by atoms with E-state index < -0.39 is 8.32 Å². The topological polar surface area (TPSA) is 12.5 Å². The monoisotopic (exact) mass is 471 g/mol. The Morgan fingerprint density at radius 2 is 1.18 bits per heavy atom. The number of rotatable bonds is 7. The lowest BCUT2D eigenvalue weighted by atomic mass is 9.68. The van der Waals surface area contributed by atoms with Gasteiger partial charge in [0.1, 0.15) is 0 Å². The van der Waals surface area contributed by atoms with Crippen molar-refractivity contribution in [3.8, 4) is 0 Å². The molecule has 3 aromatic rings. The van der Waals surface area contributed by atoms with E-state index in [0.717, 1.165) is 19.3 Å². The lowest BCUT2D eigenvalue weighted by Crippen LogP contribution is -2.74. The highest BCUT2D eigenvalue weighted by Gasteiger charge is 2.54. The maximum absolute atomic E-state index is 7.70. The molecule has 0 spiro atoms. The van der Waals surface area contributed by atoms with Crippen molar-refractivity contribution in [1.29, 1.82) is 0 Å². The van der Waals surface area contributed by atoms with Crippen molar-refractivity contribution in [3.05, 3.63) is 91.0 Å². The largest absolute Gasteiger partial charge is 0.401 e. The first-order chi connectivity index (χ1) is 16.3. The maximum Gasteiger partial charge on any atom is 0.288 e. The molecular weight excluding hydrogens is 430 g/mol. The van der Waals surface area contributed by atoms with Crippen molar-refractivity contribution >= 4 is 23.9 Å². The van der Waals surface area contributed by atoms with Gasteiger partial charge in [-0.3, -0.25) is 4.90 Å². The van der Waals surface area contributed by atoms with Gasteiger partial charge < -0.3 is 4.43 Å². The van der Waals surface area contributed by atoms with E-state index in [0.29, 0.717) is 5.92 Å². The Morgan fingerprint density at radius 1 is 0.765 bits per heavy atom. The SMILES string of the molecule is CCC1(C)CC(O[Si](c2ccccc2)(c2ccccc2)c2ccccc2)C(C)C(C)(CC)N1C. The van der Waals surface area contributed by atoms with E-state index in [9.17, 15) is 0 Å². The number of hydrogen-bond acceptors (Lipinski definition) is 2. The lowest BCUT2D eigenvalue weighted by Gasteiger charge is -2.60. The van der Waals surface area contributed by atoms with Crippen LogP contribution in [0.1, 0.15) is 53.9 Å². The normalized spacial score (nSPS) is 28.1. The van der Waals surface area contributed by atoms with Crippen molar-refractivity contribution in [3.63, 3.8) is 0 Å². The van der Waals surface area contributed by atoms with E-state index in [1.165, 1.54) is 15.6 Å². The molecule has 180 valence electrons. The van der Waals surface area contributed by atoms with Crippen LogP contribution in [0.4, 0.5) is 0 Å². The summed E-state index contributed by atoms with van der Waals surface area (Å²) in [6, 6.07) is 33.0. The molecule has 0 aliphatic carbocycles. The third kappa shape index (κ3) is 4.08. The fourth-order valence-corrected chi connectivity index (χ4v) is 10.2. The van der Waals surface area contributed by atoms with Gasteiger partial charge in [0.05, 0.1) is 6.10 Å². The molecule has 1 fully saturated rings. The molecular formula is C31H41NOSi. The van der Waals surface area contributed by atoms with Crippen LogP contribution in [0.3, 0.4) is 0 Å². The van der Waals surface area contributed by atoms with Gasteiger partial charge in [-0.05, 0) is 61.6 Å². The Hall–Kier alpha value is -2.20. The van der Waals surface area contributed by atoms with Crippen LogP contribution in [0.15, 0.2) is 91.0 Å². The summed E-state index contributed by atoms with van der Waals surface area (Å²) in [5, 5.41) is 3.94. The van der Waals surface area contributed by atoms with Crippen LogP contribution < -0.4 is 15.6 Å². The first-order valence-electron chi connectivity index (χ1n) is 12.9. The summed E-state index contributed by atoms with van der Waals surface area (Å²) in [6.45, 7) is 12.0. The number of piperidine rings is 1. The van der Waals surface area contributed by atoms with Crippen molar-refractivity contribution in [2.75, 3.05) is 7.05 Å². The molecule has 1 saturated heterocycles. The van der Waals surface area contributed by atoms with Crippen LogP contribution in [-0.2, 0) is 4.43 Å². The van der Waals surface area contributed by atoms with Crippen molar-refractivity contribution in [2.24, 2.45) is 5.92 Å². The summed E-state index contributed by atoms with van der Waals surface area (Å²) >= 11 is 0. The quantitative estimate of drug-likeness (QED) is 0.340. The minimum Gasteiger partial charge on any atom is -0.401 e. The van der Waals surface area contributed by atoms with E-state index in [1.807, 2.05) is 0 Å². The Labute approximate surface area is 208 Å². The van der Waals surface area contributed by atoms with Gasteiger partial charge in [0.15, 0.2) is 0 Å². The first-order valence-corrected chi connectivity index (χ1v) is 14.8. The molecule has 4 unspecified atom stereocenters. The van der Waals surface area contributed by atoms with Gasteiger partial charge >= 0.3 is 0 Å². The fraction of sp³-hybridized carbons (Fsp3) is 0.419. The van der Waals surface area contributed by atoms with Gasteiger partial charge in [-0.15, -0.1) is 0 Å². The summed E-state index contributed by atoms with van der Waals surface area (Å²) < 4.78 is 7.70. The Balaban J connectivity index is 1.93. The number of nitrogens with zero attached hydrogens (tertiary/aromatic N) is 1. The number of likely N-dealkylation sites (tertiary alicyclic amines) is 1. The average molecular weight is 472 g/mol. The van der Waals surface area contributed by atoms with E-state index >= 15 is 0 Å². The zero-order valence-corrected chi connectivity index (χ0v) is 22.8. The Morgan fingerprint density at radius 3 is 1.53 bits per heavy atom. The third-order valence-corrected chi connectivity index (χ3v) is 13.2. The predicted molar refractivity (Wildman–Crippen MR) is 148 cm³/mol. The summed E-state index contributed by atoms with van der Waals surface area (Å²) in [7, 11) is -0.415. The van der Waals surface area contributed by atoms with Gasteiger partial charge in [0.2, 0.25) is 0 Å². The van der Waals surface area contributed by atoms with Crippen molar-refractivity contribution in [1.82, 2.24) is 4.90 Å². The van der Waals surface area contributed by atoms with Crippen LogP contribution >= 0.6 is 0 Å². The average Bonchev–Trinajstić information content (AvgIpc) is 2.90. The van der Waals surface area contributed by atoms with Crippen LogP contribution in [0, 0.1) is 5.92 Å². The second-order valence-corrected chi connectivity index (χ2v) is 13.9. The first kappa shape index (κ1) is 24.9. The molecule has 4 rings (SSSR count). The summed E-state index contributed by atoms with van der Waals surface area (Å²) in [4.78, 5) is 2.65. The zero-order valence-electron chi connectivity index (χ0n) is 21.8. The molecule has 0 aromatic heterocycles. The molecule has 3 aromatic carbocycles. The van der Waals surface area contributed by atoms with Crippen molar-refractivity contribution in [2.45, 2.75) is 71.1 Å². The third-order valence-electron chi connectivity index (χ3n) is 9.10. The van der Waals surface area contributed by atoms with Gasteiger partial charge in [0, 0.05) is 11.1 Å². The molecule has 0 radical (unpaired) electrons. The molecule has 1 aliphatic heterocycles. The standard InChI is InChI=1S/C31H41NOSi/c1-7-30(4)24-29(25(3)31(5,8-2)32(30)6)33-34(26-18-12-9-13-19-26,27-20-14-10-15-21-27)28-22-16-11-17-23-28/h9-23,25,29H,7-8,24H2,1-6H3. The fourth-order valence-electron chi connectivity index (χ4n) is 6.10. The molecule has 1 aliphatic rings. The molecule has 0 N–H and O–H groups in total. The Kier molecular flexibility index (Phi) is 7.19. The van der Waals surface area contributed by atoms with E-state index in [2.05, 4.69) is 138 Å². The van der Waals surface area contributed by atoms with Gasteiger partial charge in [-0.2, -0.15) is 0 Å². The minimum atomic E-state index is -2.74. The zero-order chi connectivity index (χ0) is 24.4. The van der Waals surface area contributed by atoms with Gasteiger partial charge in [0.25, 0.3) is 8.32 Å². The second-order valence-electron chi connectivity index (χ2n) is 10.5. The van der Waals surface area contributed by atoms with E-state index in [1.54, 1.807) is 0 Å². The molecule has 34 heavy (non-hydrogen) atoms. The highest BCUT2D eigenvalue weighted by atomic mass is 28.4. The molecule has 0 amide bonds.